The Kier molecular flexibility index (Phi) is 3.56. The SMILES string of the molecule is OCCn1cnc2c(NCc3ccccc3)ncnc21. The van der Waals surface area contributed by atoms with E-state index in [0.29, 0.717) is 18.9 Å². The second-order valence-electron chi connectivity index (χ2n) is 4.40. The summed E-state index contributed by atoms with van der Waals surface area (Å²) >= 11 is 0. The highest BCUT2D eigenvalue weighted by Gasteiger charge is 2.09. The van der Waals surface area contributed by atoms with E-state index in [-0.39, 0.29) is 6.61 Å². The normalized spacial score (nSPS) is 10.8. The summed E-state index contributed by atoms with van der Waals surface area (Å²) in [4.78, 5) is 12.8. The Bertz CT molecular complexity index is 695. The predicted octanol–water partition coefficient (Wildman–Crippen LogP) is 1.43. The van der Waals surface area contributed by atoms with Gasteiger partial charge in [0.2, 0.25) is 0 Å². The maximum absolute atomic E-state index is 9.01. The Balaban J connectivity index is 1.85. The number of aliphatic hydroxyl groups excluding tert-OH is 1. The summed E-state index contributed by atoms with van der Waals surface area (Å²) in [6, 6.07) is 10.1. The number of anilines is 1. The number of benzene rings is 1. The summed E-state index contributed by atoms with van der Waals surface area (Å²) in [5, 5.41) is 12.3. The largest absolute Gasteiger partial charge is 0.395 e. The van der Waals surface area contributed by atoms with Gasteiger partial charge < -0.3 is 15.0 Å². The van der Waals surface area contributed by atoms with E-state index in [1.54, 1.807) is 6.33 Å². The van der Waals surface area contributed by atoms with Gasteiger partial charge in [-0.15, -0.1) is 0 Å². The Labute approximate surface area is 116 Å². The Morgan fingerprint density at radius 3 is 2.75 bits per heavy atom. The Morgan fingerprint density at radius 1 is 1.10 bits per heavy atom. The molecule has 0 bridgehead atoms. The first-order chi connectivity index (χ1) is 9.88. The third-order valence-corrected chi connectivity index (χ3v) is 3.04. The molecule has 0 atom stereocenters. The number of fused-ring (bicyclic) bond motifs is 1. The predicted molar refractivity (Wildman–Crippen MR) is 76.2 cm³/mol. The number of hydrogen-bond acceptors (Lipinski definition) is 5. The number of nitrogens with one attached hydrogen (secondary N) is 1. The number of aromatic nitrogens is 4. The molecule has 3 rings (SSSR count). The minimum Gasteiger partial charge on any atom is -0.395 e. The summed E-state index contributed by atoms with van der Waals surface area (Å²) in [5.41, 5.74) is 2.62. The zero-order chi connectivity index (χ0) is 13.8. The van der Waals surface area contributed by atoms with Gasteiger partial charge in [-0.25, -0.2) is 15.0 Å². The lowest BCUT2D eigenvalue weighted by molar-refractivity contribution is 0.277. The minimum atomic E-state index is 0.0578. The lowest BCUT2D eigenvalue weighted by atomic mass is 10.2. The minimum absolute atomic E-state index is 0.0578. The van der Waals surface area contributed by atoms with Crippen molar-refractivity contribution in [2.75, 3.05) is 11.9 Å². The van der Waals surface area contributed by atoms with Gasteiger partial charge in [0, 0.05) is 13.1 Å². The van der Waals surface area contributed by atoms with E-state index in [1.807, 2.05) is 22.8 Å². The second-order valence-corrected chi connectivity index (χ2v) is 4.40. The molecule has 20 heavy (non-hydrogen) atoms. The molecule has 6 nitrogen and oxygen atoms in total. The van der Waals surface area contributed by atoms with Gasteiger partial charge in [0.1, 0.15) is 11.8 Å². The summed E-state index contributed by atoms with van der Waals surface area (Å²) in [5.74, 6) is 0.704. The van der Waals surface area contributed by atoms with Crippen LogP contribution in [0.4, 0.5) is 5.82 Å². The van der Waals surface area contributed by atoms with E-state index >= 15 is 0 Å². The van der Waals surface area contributed by atoms with Gasteiger partial charge in [-0.05, 0) is 5.56 Å². The molecule has 6 heteroatoms. The summed E-state index contributed by atoms with van der Waals surface area (Å²) in [7, 11) is 0. The van der Waals surface area contributed by atoms with Crippen molar-refractivity contribution < 1.29 is 5.11 Å². The first-order valence-corrected chi connectivity index (χ1v) is 6.43. The smallest absolute Gasteiger partial charge is 0.165 e. The lowest BCUT2D eigenvalue weighted by Crippen LogP contribution is -2.04. The molecule has 0 aliphatic heterocycles. The second kappa shape index (κ2) is 5.66. The van der Waals surface area contributed by atoms with Gasteiger partial charge in [0.25, 0.3) is 0 Å². The van der Waals surface area contributed by atoms with E-state index in [9.17, 15) is 0 Å². The van der Waals surface area contributed by atoms with Crippen molar-refractivity contribution in [1.29, 1.82) is 0 Å². The van der Waals surface area contributed by atoms with Crippen LogP contribution >= 0.6 is 0 Å². The third kappa shape index (κ3) is 2.46. The van der Waals surface area contributed by atoms with E-state index in [1.165, 1.54) is 11.9 Å². The molecule has 3 aromatic rings. The quantitative estimate of drug-likeness (QED) is 0.733. The van der Waals surface area contributed by atoms with Gasteiger partial charge in [-0.2, -0.15) is 0 Å². The average Bonchev–Trinajstić information content (AvgIpc) is 2.91. The molecule has 0 amide bonds. The molecule has 0 fully saturated rings. The number of imidazole rings is 1. The molecule has 2 heterocycles. The van der Waals surface area contributed by atoms with Crippen LogP contribution in [0.15, 0.2) is 43.0 Å². The highest BCUT2D eigenvalue weighted by atomic mass is 16.3. The molecule has 0 spiro atoms. The van der Waals surface area contributed by atoms with Crippen LogP contribution in [-0.4, -0.2) is 31.2 Å². The monoisotopic (exact) mass is 269 g/mol. The van der Waals surface area contributed by atoms with Crippen molar-refractivity contribution in [3.8, 4) is 0 Å². The Hall–Kier alpha value is -2.47. The molecule has 0 saturated heterocycles. The molecule has 0 unspecified atom stereocenters. The van der Waals surface area contributed by atoms with Crippen LogP contribution in [0.25, 0.3) is 11.2 Å². The molecule has 102 valence electrons. The highest BCUT2D eigenvalue weighted by molar-refractivity contribution is 5.82. The van der Waals surface area contributed by atoms with Crippen molar-refractivity contribution in [2.45, 2.75) is 13.1 Å². The molecule has 0 radical (unpaired) electrons. The molecular weight excluding hydrogens is 254 g/mol. The molecule has 1 aromatic carbocycles. The fraction of sp³-hybridized carbons (Fsp3) is 0.214. The van der Waals surface area contributed by atoms with Crippen LogP contribution in [0, 0.1) is 0 Å². The third-order valence-electron chi connectivity index (χ3n) is 3.04. The molecule has 0 saturated carbocycles. The van der Waals surface area contributed by atoms with Gasteiger partial charge >= 0.3 is 0 Å². The first-order valence-electron chi connectivity index (χ1n) is 6.43. The maximum atomic E-state index is 9.01. The standard InChI is InChI=1S/C14H15N5O/c20-7-6-19-10-18-12-13(16-9-17-14(12)19)15-8-11-4-2-1-3-5-11/h1-5,9-10,20H,6-8H2,(H,15,16,17). The zero-order valence-electron chi connectivity index (χ0n) is 10.9. The van der Waals surface area contributed by atoms with E-state index in [0.717, 1.165) is 11.2 Å². The van der Waals surface area contributed by atoms with Gasteiger partial charge in [0.15, 0.2) is 11.5 Å². The van der Waals surface area contributed by atoms with Crippen molar-refractivity contribution in [3.63, 3.8) is 0 Å². The van der Waals surface area contributed by atoms with Crippen LogP contribution in [0.2, 0.25) is 0 Å². The maximum Gasteiger partial charge on any atom is 0.165 e. The topological polar surface area (TPSA) is 75.9 Å². The highest BCUT2D eigenvalue weighted by Crippen LogP contribution is 2.17. The molecule has 0 aliphatic carbocycles. The summed E-state index contributed by atoms with van der Waals surface area (Å²) < 4.78 is 1.81. The zero-order valence-corrected chi connectivity index (χ0v) is 10.9. The van der Waals surface area contributed by atoms with Crippen LogP contribution in [0.3, 0.4) is 0 Å². The van der Waals surface area contributed by atoms with E-state index < -0.39 is 0 Å². The molecular formula is C14H15N5O. The summed E-state index contributed by atoms with van der Waals surface area (Å²) in [6.07, 6.45) is 3.18. The number of aliphatic hydroxyl groups is 1. The van der Waals surface area contributed by atoms with Crippen molar-refractivity contribution in [3.05, 3.63) is 48.5 Å². The van der Waals surface area contributed by atoms with Crippen molar-refractivity contribution in [2.24, 2.45) is 0 Å². The van der Waals surface area contributed by atoms with Gasteiger partial charge in [0.05, 0.1) is 12.9 Å². The fourth-order valence-corrected chi connectivity index (χ4v) is 2.06. The number of hydrogen-bond donors (Lipinski definition) is 2. The van der Waals surface area contributed by atoms with Crippen molar-refractivity contribution in [1.82, 2.24) is 19.5 Å². The molecule has 0 aliphatic rings. The number of nitrogens with zero attached hydrogens (tertiary/aromatic N) is 4. The van der Waals surface area contributed by atoms with E-state index in [2.05, 4.69) is 32.4 Å². The van der Waals surface area contributed by atoms with Crippen LogP contribution in [0.1, 0.15) is 5.56 Å². The number of rotatable bonds is 5. The summed E-state index contributed by atoms with van der Waals surface area (Å²) in [6.45, 7) is 1.22. The van der Waals surface area contributed by atoms with E-state index in [4.69, 9.17) is 5.11 Å². The molecule has 2 aromatic heterocycles. The van der Waals surface area contributed by atoms with Crippen LogP contribution < -0.4 is 5.32 Å². The van der Waals surface area contributed by atoms with Crippen molar-refractivity contribution >= 4 is 17.0 Å². The Morgan fingerprint density at radius 2 is 1.95 bits per heavy atom. The van der Waals surface area contributed by atoms with Crippen LogP contribution in [0.5, 0.6) is 0 Å². The lowest BCUT2D eigenvalue weighted by Gasteiger charge is -2.06. The fourth-order valence-electron chi connectivity index (χ4n) is 2.06. The molecule has 2 N–H and O–H groups in total. The average molecular weight is 269 g/mol. The van der Waals surface area contributed by atoms with Gasteiger partial charge in [-0.3, -0.25) is 0 Å². The van der Waals surface area contributed by atoms with Crippen LogP contribution in [-0.2, 0) is 13.1 Å². The first kappa shape index (κ1) is 12.6. The van der Waals surface area contributed by atoms with Gasteiger partial charge in [-0.1, -0.05) is 30.3 Å².